The van der Waals surface area contributed by atoms with Gasteiger partial charge in [-0.3, -0.25) is 19.2 Å². The van der Waals surface area contributed by atoms with E-state index < -0.39 is 72.4 Å². The fourth-order valence-corrected chi connectivity index (χ4v) is 6.40. The predicted molar refractivity (Wildman–Crippen MR) is 151 cm³/mol. The van der Waals surface area contributed by atoms with Crippen LogP contribution < -0.4 is 16.0 Å². The van der Waals surface area contributed by atoms with Crippen molar-refractivity contribution in [2.24, 2.45) is 29.1 Å². The zero-order valence-corrected chi connectivity index (χ0v) is 25.3. The number of fused-ring (bicyclic) bond motifs is 1. The van der Waals surface area contributed by atoms with Crippen molar-refractivity contribution in [3.63, 3.8) is 0 Å². The van der Waals surface area contributed by atoms with Crippen LogP contribution in [0.3, 0.4) is 0 Å². The lowest BCUT2D eigenvalue weighted by Gasteiger charge is -2.38. The number of piperidine rings is 1. The van der Waals surface area contributed by atoms with Crippen molar-refractivity contribution < 1.29 is 37.5 Å². The van der Waals surface area contributed by atoms with E-state index in [1.54, 1.807) is 0 Å². The molecule has 4 amide bonds. The molecular weight excluding hydrogens is 550 g/mol. The van der Waals surface area contributed by atoms with E-state index >= 15 is 0 Å². The summed E-state index contributed by atoms with van der Waals surface area (Å²) >= 11 is 0. The van der Waals surface area contributed by atoms with Crippen LogP contribution in [-0.2, 0) is 23.9 Å². The number of alkyl halides is 2. The molecule has 2 aliphatic carbocycles. The molecule has 5 atom stereocenters. The lowest BCUT2D eigenvalue weighted by molar-refractivity contribution is -0.145. The standard InChI is InChI=1S/C30H46F2N4O6/c1-7-9-20(24(37)26(39)33-14-8-2)34-25(38)23-21-19(29(21,5)6)15-36(23)27(40)22(35-28(41)42-16-17(3)4)18-10-12-30(31,32)13-11-18/h8,17-23H,2,7,9-16H2,1,3-6H3,(H,33,39)(H,34,38)(H,35,41)/t19?,20?,21?,22-,23?/m0/s1. The van der Waals surface area contributed by atoms with Crippen LogP contribution in [0.15, 0.2) is 12.7 Å². The molecule has 12 heteroatoms. The zero-order chi connectivity index (χ0) is 31.4. The van der Waals surface area contributed by atoms with E-state index in [-0.39, 0.29) is 62.1 Å². The maximum Gasteiger partial charge on any atom is 0.407 e. The van der Waals surface area contributed by atoms with Gasteiger partial charge in [0.25, 0.3) is 5.91 Å². The number of hydrogen-bond acceptors (Lipinski definition) is 6. The molecule has 0 aromatic rings. The first kappa shape index (κ1) is 33.5. The van der Waals surface area contributed by atoms with Gasteiger partial charge >= 0.3 is 6.09 Å². The molecule has 1 saturated heterocycles. The highest BCUT2D eigenvalue weighted by molar-refractivity contribution is 6.38. The molecular formula is C30H46F2N4O6. The molecule has 236 valence electrons. The maximum atomic E-state index is 14.1. The molecule has 0 spiro atoms. The monoisotopic (exact) mass is 596 g/mol. The smallest absolute Gasteiger partial charge is 0.407 e. The maximum absolute atomic E-state index is 14.1. The molecule has 3 fully saturated rings. The number of amides is 4. The number of carbonyl (C=O) groups excluding carboxylic acids is 5. The van der Waals surface area contributed by atoms with Crippen LogP contribution in [0.1, 0.15) is 73.1 Å². The minimum atomic E-state index is -2.83. The third kappa shape index (κ3) is 7.66. The highest BCUT2D eigenvalue weighted by Gasteiger charge is 2.69. The van der Waals surface area contributed by atoms with Crippen molar-refractivity contribution in [1.82, 2.24) is 20.9 Å². The lowest BCUT2D eigenvalue weighted by atomic mass is 9.81. The molecule has 4 unspecified atom stereocenters. The van der Waals surface area contributed by atoms with Gasteiger partial charge in [-0.05, 0) is 48.3 Å². The topological polar surface area (TPSA) is 134 Å². The number of Topliss-reactive ketones (excluding diaryl/α,β-unsaturated/α-hetero) is 1. The predicted octanol–water partition coefficient (Wildman–Crippen LogP) is 3.20. The Morgan fingerprint density at radius 1 is 1.10 bits per heavy atom. The van der Waals surface area contributed by atoms with Gasteiger partial charge in [-0.25, -0.2) is 13.6 Å². The molecule has 3 rings (SSSR count). The summed E-state index contributed by atoms with van der Waals surface area (Å²) in [6.45, 7) is 13.5. The first-order valence-corrected chi connectivity index (χ1v) is 15.0. The summed E-state index contributed by atoms with van der Waals surface area (Å²) in [5.41, 5.74) is -0.240. The van der Waals surface area contributed by atoms with Gasteiger partial charge in [0, 0.05) is 25.9 Å². The lowest BCUT2D eigenvalue weighted by Crippen LogP contribution is -2.60. The summed E-state index contributed by atoms with van der Waals surface area (Å²) in [4.78, 5) is 67.2. The number of ether oxygens (including phenoxy) is 1. The fourth-order valence-electron chi connectivity index (χ4n) is 6.40. The highest BCUT2D eigenvalue weighted by Crippen LogP contribution is 2.65. The number of nitrogens with zero attached hydrogens (tertiary/aromatic N) is 1. The van der Waals surface area contributed by atoms with E-state index in [1.165, 1.54) is 11.0 Å². The average molecular weight is 597 g/mol. The molecule has 3 N–H and O–H groups in total. The van der Waals surface area contributed by atoms with E-state index in [1.807, 2.05) is 34.6 Å². The number of rotatable bonds is 13. The summed E-state index contributed by atoms with van der Waals surface area (Å²) in [5.74, 6) is -6.23. The Morgan fingerprint density at radius 3 is 2.31 bits per heavy atom. The number of halogens is 2. The Bertz CT molecular complexity index is 1050. The second-order valence-corrected chi connectivity index (χ2v) is 12.9. The molecule has 1 aliphatic heterocycles. The molecule has 0 aromatic carbocycles. The molecule has 2 saturated carbocycles. The fraction of sp³-hybridized carbons (Fsp3) is 0.767. The third-order valence-electron chi connectivity index (χ3n) is 8.92. The molecule has 10 nitrogen and oxygen atoms in total. The molecule has 0 aromatic heterocycles. The van der Waals surface area contributed by atoms with Crippen LogP contribution in [0.25, 0.3) is 0 Å². The molecule has 1 heterocycles. The van der Waals surface area contributed by atoms with Gasteiger partial charge < -0.3 is 25.6 Å². The molecule has 0 bridgehead atoms. The summed E-state index contributed by atoms with van der Waals surface area (Å²) < 4.78 is 33.2. The van der Waals surface area contributed by atoms with Gasteiger partial charge in [0.1, 0.15) is 12.1 Å². The molecule has 3 aliphatic rings. The van der Waals surface area contributed by atoms with E-state index in [2.05, 4.69) is 22.5 Å². The molecule has 0 radical (unpaired) electrons. The van der Waals surface area contributed by atoms with E-state index in [9.17, 15) is 32.8 Å². The van der Waals surface area contributed by atoms with Crippen molar-refractivity contribution in [3.8, 4) is 0 Å². The minimum absolute atomic E-state index is 0.0117. The van der Waals surface area contributed by atoms with Crippen LogP contribution in [-0.4, -0.2) is 78.2 Å². The van der Waals surface area contributed by atoms with Crippen molar-refractivity contribution in [2.45, 2.75) is 97.2 Å². The number of likely N-dealkylation sites (tertiary alicyclic amines) is 1. The van der Waals surface area contributed by atoms with Gasteiger partial charge in [-0.15, -0.1) is 6.58 Å². The highest BCUT2D eigenvalue weighted by atomic mass is 19.3. The minimum Gasteiger partial charge on any atom is -0.449 e. The number of ketones is 1. The summed E-state index contributed by atoms with van der Waals surface area (Å²) in [5, 5.41) is 7.78. The number of alkyl carbamates (subject to hydrolysis) is 1. The van der Waals surface area contributed by atoms with Crippen molar-refractivity contribution in [3.05, 3.63) is 12.7 Å². The first-order chi connectivity index (χ1) is 19.6. The van der Waals surface area contributed by atoms with E-state index in [0.717, 1.165) is 0 Å². The number of carbonyl (C=O) groups is 5. The van der Waals surface area contributed by atoms with E-state index in [0.29, 0.717) is 6.42 Å². The Labute approximate surface area is 246 Å². The van der Waals surface area contributed by atoms with Crippen LogP contribution in [0, 0.1) is 29.1 Å². The second-order valence-electron chi connectivity index (χ2n) is 12.9. The second kappa shape index (κ2) is 13.5. The quantitative estimate of drug-likeness (QED) is 0.221. The zero-order valence-electron chi connectivity index (χ0n) is 25.3. The van der Waals surface area contributed by atoms with Crippen molar-refractivity contribution >= 4 is 29.6 Å². The van der Waals surface area contributed by atoms with Crippen molar-refractivity contribution in [2.75, 3.05) is 19.7 Å². The first-order valence-electron chi connectivity index (χ1n) is 15.0. The largest absolute Gasteiger partial charge is 0.449 e. The van der Waals surface area contributed by atoms with Gasteiger partial charge in [0.15, 0.2) is 0 Å². The number of nitrogens with one attached hydrogen (secondary N) is 3. The Hall–Kier alpha value is -3.05. The van der Waals surface area contributed by atoms with Crippen LogP contribution in [0.5, 0.6) is 0 Å². The van der Waals surface area contributed by atoms with Gasteiger partial charge in [0.2, 0.25) is 23.5 Å². The third-order valence-corrected chi connectivity index (χ3v) is 8.92. The van der Waals surface area contributed by atoms with E-state index in [4.69, 9.17) is 4.74 Å². The van der Waals surface area contributed by atoms with Crippen LogP contribution in [0.4, 0.5) is 13.6 Å². The van der Waals surface area contributed by atoms with Gasteiger partial charge in [0.05, 0.1) is 12.6 Å². The summed E-state index contributed by atoms with van der Waals surface area (Å²) in [7, 11) is 0. The molecule has 42 heavy (non-hydrogen) atoms. The SMILES string of the molecule is C=CCNC(=O)C(=O)C(CCC)NC(=O)C1C2C(CN1C(=O)[C@@H](NC(=O)OCC(C)C)C1CCC(F)(F)CC1)C2(C)C. The van der Waals surface area contributed by atoms with Crippen molar-refractivity contribution in [1.29, 1.82) is 0 Å². The summed E-state index contributed by atoms with van der Waals surface area (Å²) in [6.07, 6.45) is 0.631. The summed E-state index contributed by atoms with van der Waals surface area (Å²) in [6, 6.07) is -3.16. The normalized spacial score (nSPS) is 25.5. The van der Waals surface area contributed by atoms with Crippen LogP contribution >= 0.6 is 0 Å². The number of hydrogen-bond donors (Lipinski definition) is 3. The average Bonchev–Trinajstić information content (AvgIpc) is 3.24. The van der Waals surface area contributed by atoms with Gasteiger partial charge in [-0.2, -0.15) is 0 Å². The Kier molecular flexibility index (Phi) is 10.8. The Balaban J connectivity index is 1.84. The van der Waals surface area contributed by atoms with Crippen LogP contribution in [0.2, 0.25) is 0 Å². The Morgan fingerprint density at radius 2 is 1.74 bits per heavy atom. The van der Waals surface area contributed by atoms with Gasteiger partial charge in [-0.1, -0.05) is 47.1 Å².